The molecular weight excluding hydrogens is 460 g/mol. The minimum atomic E-state index is -0.519. The molecule has 2 amide bonds. The molecule has 3 aromatic rings. The Bertz CT molecular complexity index is 1210. The van der Waals surface area contributed by atoms with Gasteiger partial charge in [0.25, 0.3) is 0 Å². The molecule has 1 aliphatic rings. The van der Waals surface area contributed by atoms with Gasteiger partial charge in [-0.05, 0) is 60.5 Å². The lowest BCUT2D eigenvalue weighted by atomic mass is 9.83. The summed E-state index contributed by atoms with van der Waals surface area (Å²) in [5, 5.41) is 3.01. The summed E-state index contributed by atoms with van der Waals surface area (Å²) in [4.78, 5) is 28.7. The van der Waals surface area contributed by atoms with Crippen molar-refractivity contribution in [3.63, 3.8) is 0 Å². The van der Waals surface area contributed by atoms with Crippen molar-refractivity contribution >= 4 is 23.2 Å². The summed E-state index contributed by atoms with van der Waals surface area (Å²) >= 11 is 0. The molecule has 4 rings (SSSR count). The van der Waals surface area contributed by atoms with E-state index in [1.54, 1.807) is 56.6 Å². The predicted molar refractivity (Wildman–Crippen MR) is 137 cm³/mol. The van der Waals surface area contributed by atoms with Crippen LogP contribution in [0.4, 0.5) is 11.4 Å². The summed E-state index contributed by atoms with van der Waals surface area (Å²) in [5.74, 6) is 1.73. The average molecular weight is 491 g/mol. The standard InChI is InChI=1S/C28H30N2O6/c1-33-20-9-5-18(6-10-20)27-23(28(32)29-24-15-13-22(35-3)17-25(24)36-4)14-16-26(31)30(27)19-7-11-21(34-2)12-8-19/h5-13,15,17,23,27H,14,16H2,1-4H3,(H,29,32)/t23-,27-/m0/s1. The number of rotatable bonds is 8. The van der Waals surface area contributed by atoms with Crippen molar-refractivity contribution in [2.45, 2.75) is 18.9 Å². The summed E-state index contributed by atoms with van der Waals surface area (Å²) in [7, 11) is 6.30. The van der Waals surface area contributed by atoms with Gasteiger partial charge in [0.05, 0.1) is 46.1 Å². The van der Waals surface area contributed by atoms with Crippen LogP contribution in [0.25, 0.3) is 0 Å². The Hall–Kier alpha value is -4.20. The fraction of sp³-hybridized carbons (Fsp3) is 0.286. The van der Waals surface area contributed by atoms with Gasteiger partial charge in [-0.3, -0.25) is 9.59 Å². The van der Waals surface area contributed by atoms with Gasteiger partial charge in [0.2, 0.25) is 11.8 Å². The van der Waals surface area contributed by atoms with Crippen LogP contribution in [0.1, 0.15) is 24.4 Å². The van der Waals surface area contributed by atoms with Gasteiger partial charge >= 0.3 is 0 Å². The molecule has 0 saturated carbocycles. The minimum Gasteiger partial charge on any atom is -0.497 e. The fourth-order valence-electron chi connectivity index (χ4n) is 4.52. The monoisotopic (exact) mass is 490 g/mol. The molecule has 188 valence electrons. The number of nitrogens with one attached hydrogen (secondary N) is 1. The zero-order valence-electron chi connectivity index (χ0n) is 20.8. The van der Waals surface area contributed by atoms with Gasteiger partial charge in [0.15, 0.2) is 0 Å². The van der Waals surface area contributed by atoms with Crippen molar-refractivity contribution in [1.82, 2.24) is 0 Å². The maximum Gasteiger partial charge on any atom is 0.230 e. The Morgan fingerprint density at radius 3 is 1.97 bits per heavy atom. The molecule has 1 N–H and O–H groups in total. The summed E-state index contributed by atoms with van der Waals surface area (Å²) in [6, 6.07) is 19.4. The number of carbonyl (C=O) groups is 2. The van der Waals surface area contributed by atoms with E-state index in [-0.39, 0.29) is 18.2 Å². The molecule has 0 radical (unpaired) electrons. The van der Waals surface area contributed by atoms with E-state index in [1.807, 2.05) is 36.4 Å². The Morgan fingerprint density at radius 2 is 1.39 bits per heavy atom. The number of anilines is 2. The highest BCUT2D eigenvalue weighted by molar-refractivity contribution is 6.00. The second kappa shape index (κ2) is 11.0. The van der Waals surface area contributed by atoms with Crippen molar-refractivity contribution in [1.29, 1.82) is 0 Å². The first-order chi connectivity index (χ1) is 17.5. The van der Waals surface area contributed by atoms with Gasteiger partial charge in [-0.1, -0.05) is 12.1 Å². The summed E-state index contributed by atoms with van der Waals surface area (Å²) in [6.45, 7) is 0. The Labute approximate surface area is 210 Å². The molecule has 1 fully saturated rings. The largest absolute Gasteiger partial charge is 0.497 e. The van der Waals surface area contributed by atoms with Crippen LogP contribution in [0.3, 0.4) is 0 Å². The lowest BCUT2D eigenvalue weighted by Crippen LogP contribution is -2.47. The Kier molecular flexibility index (Phi) is 7.63. The molecule has 3 aromatic carbocycles. The van der Waals surface area contributed by atoms with Crippen LogP contribution in [-0.2, 0) is 9.59 Å². The van der Waals surface area contributed by atoms with E-state index in [9.17, 15) is 9.59 Å². The molecule has 2 atom stereocenters. The van der Waals surface area contributed by atoms with Crippen LogP contribution in [0.2, 0.25) is 0 Å². The van der Waals surface area contributed by atoms with E-state index >= 15 is 0 Å². The second-order valence-corrected chi connectivity index (χ2v) is 8.38. The zero-order valence-corrected chi connectivity index (χ0v) is 20.8. The SMILES string of the molecule is COc1ccc([C@H]2[C@@H](C(=O)Nc3ccc(OC)cc3OC)CCC(=O)N2c2ccc(OC)cc2)cc1. The minimum absolute atomic E-state index is 0.0490. The number of amides is 2. The first-order valence-electron chi connectivity index (χ1n) is 11.6. The quantitative estimate of drug-likeness (QED) is 0.486. The number of methoxy groups -OCH3 is 4. The lowest BCUT2D eigenvalue weighted by molar-refractivity contribution is -0.125. The second-order valence-electron chi connectivity index (χ2n) is 8.38. The molecule has 0 bridgehead atoms. The first kappa shape index (κ1) is 24.9. The molecule has 8 heteroatoms. The van der Waals surface area contributed by atoms with Crippen molar-refractivity contribution in [2.75, 3.05) is 38.7 Å². The third-order valence-electron chi connectivity index (χ3n) is 6.41. The fourth-order valence-corrected chi connectivity index (χ4v) is 4.52. The van der Waals surface area contributed by atoms with Crippen LogP contribution in [-0.4, -0.2) is 40.3 Å². The average Bonchev–Trinajstić information content (AvgIpc) is 2.93. The number of hydrogen-bond donors (Lipinski definition) is 1. The molecule has 0 aromatic heterocycles. The third kappa shape index (κ3) is 5.07. The summed E-state index contributed by atoms with van der Waals surface area (Å²) in [6.07, 6.45) is 0.656. The van der Waals surface area contributed by atoms with E-state index in [0.717, 1.165) is 5.56 Å². The maximum absolute atomic E-state index is 13.7. The van der Waals surface area contributed by atoms with Crippen molar-refractivity contribution < 1.29 is 28.5 Å². The molecule has 8 nitrogen and oxygen atoms in total. The predicted octanol–water partition coefficient (Wildman–Crippen LogP) is 4.84. The van der Waals surface area contributed by atoms with Gasteiger partial charge in [-0.2, -0.15) is 0 Å². The maximum atomic E-state index is 13.7. The van der Waals surface area contributed by atoms with E-state index in [0.29, 0.717) is 40.8 Å². The van der Waals surface area contributed by atoms with Gasteiger partial charge in [0, 0.05) is 18.2 Å². The van der Waals surface area contributed by atoms with E-state index in [1.165, 1.54) is 7.11 Å². The van der Waals surface area contributed by atoms with E-state index in [4.69, 9.17) is 18.9 Å². The van der Waals surface area contributed by atoms with Gasteiger partial charge in [-0.15, -0.1) is 0 Å². The highest BCUT2D eigenvalue weighted by atomic mass is 16.5. The summed E-state index contributed by atoms with van der Waals surface area (Å²) < 4.78 is 21.3. The number of nitrogens with zero attached hydrogens (tertiary/aromatic N) is 1. The van der Waals surface area contributed by atoms with Crippen molar-refractivity contribution in [2.24, 2.45) is 5.92 Å². The molecule has 1 saturated heterocycles. The number of carbonyl (C=O) groups excluding carboxylic acids is 2. The lowest BCUT2D eigenvalue weighted by Gasteiger charge is -2.41. The van der Waals surface area contributed by atoms with E-state index < -0.39 is 12.0 Å². The Morgan fingerprint density at radius 1 is 0.806 bits per heavy atom. The van der Waals surface area contributed by atoms with Crippen molar-refractivity contribution in [3.8, 4) is 23.0 Å². The van der Waals surface area contributed by atoms with Gasteiger partial charge in [-0.25, -0.2) is 0 Å². The molecule has 1 aliphatic heterocycles. The van der Waals surface area contributed by atoms with E-state index in [2.05, 4.69) is 5.32 Å². The third-order valence-corrected chi connectivity index (χ3v) is 6.41. The van der Waals surface area contributed by atoms with Crippen LogP contribution in [0.5, 0.6) is 23.0 Å². The molecule has 36 heavy (non-hydrogen) atoms. The van der Waals surface area contributed by atoms with Crippen molar-refractivity contribution in [3.05, 3.63) is 72.3 Å². The number of piperidine rings is 1. The number of benzene rings is 3. The van der Waals surface area contributed by atoms with Crippen LogP contribution in [0, 0.1) is 5.92 Å². The normalized spacial score (nSPS) is 17.3. The number of ether oxygens (including phenoxy) is 4. The van der Waals surface area contributed by atoms with Crippen LogP contribution >= 0.6 is 0 Å². The first-order valence-corrected chi connectivity index (χ1v) is 11.6. The van der Waals surface area contributed by atoms with Crippen LogP contribution < -0.4 is 29.2 Å². The summed E-state index contributed by atoms with van der Waals surface area (Å²) in [5.41, 5.74) is 2.06. The van der Waals surface area contributed by atoms with Gasteiger partial charge < -0.3 is 29.2 Å². The Balaban J connectivity index is 1.72. The molecular formula is C28H30N2O6. The molecule has 0 spiro atoms. The topological polar surface area (TPSA) is 86.3 Å². The highest BCUT2D eigenvalue weighted by Crippen LogP contribution is 2.42. The number of hydrogen-bond acceptors (Lipinski definition) is 6. The van der Waals surface area contributed by atoms with Gasteiger partial charge in [0.1, 0.15) is 23.0 Å². The molecule has 1 heterocycles. The molecule has 0 aliphatic carbocycles. The highest BCUT2D eigenvalue weighted by Gasteiger charge is 2.41. The zero-order chi connectivity index (χ0) is 25.7. The molecule has 0 unspecified atom stereocenters. The smallest absolute Gasteiger partial charge is 0.230 e. The van der Waals surface area contributed by atoms with Crippen LogP contribution in [0.15, 0.2) is 66.7 Å².